The Morgan fingerprint density at radius 3 is 2.76 bits per heavy atom. The van der Waals surface area contributed by atoms with E-state index in [0.29, 0.717) is 34.8 Å². The fourth-order valence-electron chi connectivity index (χ4n) is 3.80. The number of imide groups is 1. The summed E-state index contributed by atoms with van der Waals surface area (Å²) in [5.74, 6) is -1.19. The van der Waals surface area contributed by atoms with Gasteiger partial charge < -0.3 is 0 Å². The monoisotopic (exact) mass is 485 g/mol. The van der Waals surface area contributed by atoms with E-state index < -0.39 is 17.0 Å². The topological polar surface area (TPSA) is 72.3 Å². The lowest BCUT2D eigenvalue weighted by Gasteiger charge is -2.23. The van der Waals surface area contributed by atoms with E-state index in [0.717, 1.165) is 17.7 Å². The van der Waals surface area contributed by atoms with Crippen LogP contribution in [-0.4, -0.2) is 38.1 Å². The van der Waals surface area contributed by atoms with Crippen molar-refractivity contribution in [2.45, 2.75) is 49.6 Å². The van der Waals surface area contributed by atoms with Crippen molar-refractivity contribution >= 4 is 45.1 Å². The molecule has 172 valence electrons. The van der Waals surface area contributed by atoms with Crippen LogP contribution < -0.4 is 5.56 Å². The number of aromatic nitrogens is 2. The van der Waals surface area contributed by atoms with Crippen molar-refractivity contribution in [1.29, 1.82) is 0 Å². The van der Waals surface area contributed by atoms with Crippen LogP contribution >= 0.6 is 23.1 Å². The van der Waals surface area contributed by atoms with E-state index >= 15 is 0 Å². The fourth-order valence-corrected chi connectivity index (χ4v) is 6.01. The molecule has 0 spiro atoms. The second kappa shape index (κ2) is 10.0. The van der Waals surface area contributed by atoms with Crippen LogP contribution in [0.15, 0.2) is 52.9 Å². The molecule has 2 aromatic heterocycles. The van der Waals surface area contributed by atoms with E-state index in [2.05, 4.69) is 6.58 Å². The third-order valence-corrected chi connectivity index (χ3v) is 7.97. The summed E-state index contributed by atoms with van der Waals surface area (Å²) < 4.78 is 14.8. The summed E-state index contributed by atoms with van der Waals surface area (Å²) in [5.41, 5.74) is 0.114. The van der Waals surface area contributed by atoms with Crippen molar-refractivity contribution in [2.75, 3.05) is 6.54 Å². The van der Waals surface area contributed by atoms with E-state index in [-0.39, 0.29) is 23.6 Å². The molecule has 1 unspecified atom stereocenters. The molecule has 0 saturated carbocycles. The van der Waals surface area contributed by atoms with Crippen LogP contribution in [0, 0.1) is 5.82 Å². The van der Waals surface area contributed by atoms with Gasteiger partial charge in [0, 0.05) is 23.5 Å². The molecule has 0 N–H and O–H groups in total. The van der Waals surface area contributed by atoms with Gasteiger partial charge in [0.1, 0.15) is 10.6 Å². The number of aryl methyl sites for hydroxylation is 1. The predicted octanol–water partition coefficient (Wildman–Crippen LogP) is 4.66. The highest BCUT2D eigenvalue weighted by molar-refractivity contribution is 8.00. The summed E-state index contributed by atoms with van der Waals surface area (Å²) in [5, 5.41) is 0.470. The second-order valence-corrected chi connectivity index (χ2v) is 10.1. The molecule has 1 aliphatic rings. The molecule has 0 bridgehead atoms. The highest BCUT2D eigenvalue weighted by Gasteiger charge is 2.33. The first-order valence-electron chi connectivity index (χ1n) is 10.8. The minimum absolute atomic E-state index is 0.154. The van der Waals surface area contributed by atoms with E-state index in [4.69, 9.17) is 4.98 Å². The van der Waals surface area contributed by atoms with Gasteiger partial charge >= 0.3 is 0 Å². The van der Waals surface area contributed by atoms with Gasteiger partial charge in [-0.15, -0.1) is 17.9 Å². The van der Waals surface area contributed by atoms with Crippen LogP contribution in [-0.2, 0) is 17.8 Å². The number of carbonyl (C=O) groups excluding carboxylic acids is 2. The summed E-state index contributed by atoms with van der Waals surface area (Å²) in [6, 6.07) is 7.07. The second-order valence-electron chi connectivity index (χ2n) is 7.79. The molecule has 6 nitrogen and oxygen atoms in total. The quantitative estimate of drug-likeness (QED) is 0.289. The van der Waals surface area contributed by atoms with Gasteiger partial charge in [-0.25, -0.2) is 9.37 Å². The number of halogens is 1. The Morgan fingerprint density at radius 1 is 1.30 bits per heavy atom. The highest BCUT2D eigenvalue weighted by atomic mass is 32.2. The van der Waals surface area contributed by atoms with Crippen LogP contribution in [0.1, 0.15) is 41.4 Å². The van der Waals surface area contributed by atoms with Gasteiger partial charge in [0.15, 0.2) is 5.16 Å². The van der Waals surface area contributed by atoms with Gasteiger partial charge in [0.25, 0.3) is 11.5 Å². The van der Waals surface area contributed by atoms with Crippen LogP contribution in [0.3, 0.4) is 0 Å². The van der Waals surface area contributed by atoms with Gasteiger partial charge in [0.05, 0.1) is 10.6 Å². The maximum Gasteiger partial charge on any atom is 0.263 e. The molecule has 1 fully saturated rings. The number of thioether (sulfide) groups is 1. The van der Waals surface area contributed by atoms with E-state index in [1.807, 2.05) is 13.0 Å². The summed E-state index contributed by atoms with van der Waals surface area (Å²) >= 11 is 2.70. The highest BCUT2D eigenvalue weighted by Crippen LogP contribution is 2.31. The average molecular weight is 486 g/mol. The lowest BCUT2D eigenvalue weighted by Crippen LogP contribution is -2.41. The zero-order valence-electron chi connectivity index (χ0n) is 18.3. The van der Waals surface area contributed by atoms with Crippen molar-refractivity contribution in [3.05, 3.63) is 69.6 Å². The molecule has 3 aromatic rings. The molecule has 9 heteroatoms. The number of carbonyl (C=O) groups is 2. The minimum atomic E-state index is -0.553. The molecule has 1 aliphatic heterocycles. The average Bonchev–Trinajstić information content (AvgIpc) is 3.15. The van der Waals surface area contributed by atoms with E-state index in [1.54, 1.807) is 6.08 Å². The molecule has 33 heavy (non-hydrogen) atoms. The smallest absolute Gasteiger partial charge is 0.263 e. The minimum Gasteiger partial charge on any atom is -0.283 e. The Balaban J connectivity index is 1.67. The van der Waals surface area contributed by atoms with Crippen LogP contribution in [0.4, 0.5) is 4.39 Å². The number of rotatable bonds is 6. The number of likely N-dealkylation sites (tertiary alicyclic amines) is 1. The lowest BCUT2D eigenvalue weighted by atomic mass is 10.2. The molecular weight excluding hydrogens is 461 g/mol. The van der Waals surface area contributed by atoms with Crippen molar-refractivity contribution in [3.8, 4) is 0 Å². The predicted molar refractivity (Wildman–Crippen MR) is 129 cm³/mol. The molecule has 1 aromatic carbocycles. The molecule has 0 aliphatic carbocycles. The number of amides is 2. The number of allylic oxidation sites excluding steroid dienone is 1. The fraction of sp³-hybridized carbons (Fsp3) is 0.333. The SMILES string of the molecule is C=CCn1c(SC2CCCCN(C(=O)c3ccc(F)cc3)C2=O)nc2sc(CC)cc2c1=O. The Bertz CT molecular complexity index is 1270. The van der Waals surface area contributed by atoms with Crippen molar-refractivity contribution in [3.63, 3.8) is 0 Å². The van der Waals surface area contributed by atoms with Gasteiger partial charge in [-0.1, -0.05) is 31.2 Å². The maximum absolute atomic E-state index is 13.4. The first-order chi connectivity index (χ1) is 15.9. The standard InChI is InChI=1S/C24H24FN3O3S2/c1-3-12-28-22(30)18-14-17(4-2)32-20(18)26-24(28)33-19-7-5-6-13-27(23(19)31)21(29)15-8-10-16(25)11-9-15/h3,8-11,14,19H,1,4-7,12-13H2,2H3. The molecule has 1 atom stereocenters. The van der Waals surface area contributed by atoms with Crippen molar-refractivity contribution < 1.29 is 14.0 Å². The number of hydrogen-bond acceptors (Lipinski definition) is 6. The maximum atomic E-state index is 13.4. The molecule has 4 rings (SSSR count). The first kappa shape index (κ1) is 23.4. The molecule has 0 radical (unpaired) electrons. The van der Waals surface area contributed by atoms with Crippen molar-refractivity contribution in [2.24, 2.45) is 0 Å². The van der Waals surface area contributed by atoms with Gasteiger partial charge in [0.2, 0.25) is 5.91 Å². The van der Waals surface area contributed by atoms with Gasteiger partial charge in [-0.05, 0) is 49.6 Å². The largest absolute Gasteiger partial charge is 0.283 e. The summed E-state index contributed by atoms with van der Waals surface area (Å²) in [7, 11) is 0. The van der Waals surface area contributed by atoms with Crippen LogP contribution in [0.5, 0.6) is 0 Å². The molecular formula is C24H24FN3O3S2. The molecule has 1 saturated heterocycles. The molecule has 3 heterocycles. The lowest BCUT2D eigenvalue weighted by molar-refractivity contribution is -0.127. The van der Waals surface area contributed by atoms with Crippen LogP contribution in [0.2, 0.25) is 0 Å². The molecule has 2 amide bonds. The van der Waals surface area contributed by atoms with E-state index in [1.165, 1.54) is 56.8 Å². The Kier molecular flexibility index (Phi) is 7.09. The zero-order valence-corrected chi connectivity index (χ0v) is 19.9. The number of thiophene rings is 1. The summed E-state index contributed by atoms with van der Waals surface area (Å²) in [6.45, 7) is 6.36. The van der Waals surface area contributed by atoms with Gasteiger partial charge in [-0.3, -0.25) is 23.9 Å². The Morgan fingerprint density at radius 2 is 2.06 bits per heavy atom. The Hall–Kier alpha value is -2.78. The normalized spacial score (nSPS) is 16.7. The number of nitrogens with zero attached hydrogens (tertiary/aromatic N) is 3. The third kappa shape index (κ3) is 4.79. The van der Waals surface area contributed by atoms with Gasteiger partial charge in [-0.2, -0.15) is 0 Å². The summed E-state index contributed by atoms with van der Waals surface area (Å²) in [6.07, 6.45) is 4.47. The zero-order chi connectivity index (χ0) is 23.5. The number of hydrogen-bond donors (Lipinski definition) is 0. The van der Waals surface area contributed by atoms with E-state index in [9.17, 15) is 18.8 Å². The third-order valence-electron chi connectivity index (χ3n) is 5.55. The Labute approximate surface area is 199 Å². The summed E-state index contributed by atoms with van der Waals surface area (Å²) in [4.78, 5) is 47.2. The number of fused-ring (bicyclic) bond motifs is 1. The van der Waals surface area contributed by atoms with Crippen molar-refractivity contribution in [1.82, 2.24) is 14.5 Å². The first-order valence-corrected chi connectivity index (χ1v) is 12.5. The van der Waals surface area contributed by atoms with Crippen LogP contribution in [0.25, 0.3) is 10.2 Å². The number of benzene rings is 1.